The largest absolute Gasteiger partial charge is 0.479 e. The van der Waals surface area contributed by atoms with Crippen molar-refractivity contribution in [3.05, 3.63) is 40.4 Å². The summed E-state index contributed by atoms with van der Waals surface area (Å²) in [5.74, 6) is -1.21. The Morgan fingerprint density at radius 3 is 2.88 bits per heavy atom. The van der Waals surface area contributed by atoms with Crippen LogP contribution in [0.2, 0.25) is 5.02 Å². The van der Waals surface area contributed by atoms with Gasteiger partial charge in [0.15, 0.2) is 6.10 Å². The molecule has 0 saturated carbocycles. The van der Waals surface area contributed by atoms with Crippen LogP contribution in [0.4, 0.5) is 0 Å². The van der Waals surface area contributed by atoms with E-state index in [4.69, 9.17) is 21.4 Å². The highest BCUT2D eigenvalue weighted by molar-refractivity contribution is 7.13. The van der Waals surface area contributed by atoms with Crippen LogP contribution in [0.5, 0.6) is 0 Å². The number of aliphatic carboxylic acids is 1. The first-order valence-electron chi connectivity index (χ1n) is 7.79. The molecule has 25 heavy (non-hydrogen) atoms. The second-order valence-electron chi connectivity index (χ2n) is 5.87. The molecule has 2 atom stereocenters. The average molecular weight is 381 g/mol. The van der Waals surface area contributed by atoms with Crippen LogP contribution in [-0.4, -0.2) is 52.2 Å². The van der Waals surface area contributed by atoms with Gasteiger partial charge in [-0.25, -0.2) is 9.78 Å². The minimum Gasteiger partial charge on any atom is -0.479 e. The van der Waals surface area contributed by atoms with Gasteiger partial charge < -0.3 is 14.7 Å². The summed E-state index contributed by atoms with van der Waals surface area (Å²) in [6.45, 7) is 2.19. The third-order valence-corrected chi connectivity index (χ3v) is 5.13. The van der Waals surface area contributed by atoms with Crippen molar-refractivity contribution in [1.29, 1.82) is 0 Å². The van der Waals surface area contributed by atoms with Crippen LogP contribution in [0.25, 0.3) is 10.6 Å². The quantitative estimate of drug-likeness (QED) is 0.882. The SMILES string of the molecule is C[C@@H]1CN(C(=O)Cc2csc(-c3ccccc3Cl)n2)CC(C(=O)O)O1. The van der Waals surface area contributed by atoms with Gasteiger partial charge in [0.2, 0.25) is 5.91 Å². The molecule has 8 heteroatoms. The van der Waals surface area contributed by atoms with E-state index < -0.39 is 12.1 Å². The molecule has 0 bridgehead atoms. The van der Waals surface area contributed by atoms with E-state index in [1.54, 1.807) is 13.0 Å². The van der Waals surface area contributed by atoms with E-state index in [0.29, 0.717) is 17.3 Å². The Labute approximate surface area is 154 Å². The summed E-state index contributed by atoms with van der Waals surface area (Å²) in [6.07, 6.45) is -1.17. The molecule has 1 N–H and O–H groups in total. The summed E-state index contributed by atoms with van der Waals surface area (Å²) in [5.41, 5.74) is 1.48. The highest BCUT2D eigenvalue weighted by atomic mass is 35.5. The lowest BCUT2D eigenvalue weighted by atomic mass is 10.2. The zero-order chi connectivity index (χ0) is 18.0. The number of thiazole rings is 1. The van der Waals surface area contributed by atoms with Gasteiger partial charge in [-0.1, -0.05) is 29.8 Å². The van der Waals surface area contributed by atoms with E-state index in [9.17, 15) is 9.59 Å². The maximum atomic E-state index is 12.5. The molecule has 1 aromatic carbocycles. The van der Waals surface area contributed by atoms with E-state index in [0.717, 1.165) is 10.6 Å². The van der Waals surface area contributed by atoms with Gasteiger partial charge >= 0.3 is 5.97 Å². The zero-order valence-electron chi connectivity index (χ0n) is 13.5. The first-order valence-corrected chi connectivity index (χ1v) is 9.05. The average Bonchev–Trinajstić information content (AvgIpc) is 3.02. The molecule has 1 aromatic heterocycles. The number of carboxylic acid groups (broad SMARTS) is 1. The standard InChI is InChI=1S/C17H17ClN2O4S/c1-10-7-20(8-14(24-10)17(22)23)15(21)6-11-9-25-16(19-11)12-4-2-3-5-13(12)18/h2-5,9-10,14H,6-8H2,1H3,(H,22,23)/t10-,14?/m1/s1. The van der Waals surface area contributed by atoms with Gasteiger partial charge in [-0.05, 0) is 13.0 Å². The van der Waals surface area contributed by atoms with Crippen molar-refractivity contribution in [3.63, 3.8) is 0 Å². The molecule has 2 heterocycles. The van der Waals surface area contributed by atoms with Crippen LogP contribution in [0.15, 0.2) is 29.6 Å². The molecule has 1 amide bonds. The lowest BCUT2D eigenvalue weighted by molar-refractivity contribution is -0.166. The van der Waals surface area contributed by atoms with Crippen molar-refractivity contribution in [3.8, 4) is 10.6 Å². The Bertz CT molecular complexity index is 794. The topological polar surface area (TPSA) is 79.7 Å². The van der Waals surface area contributed by atoms with Crippen LogP contribution in [0.1, 0.15) is 12.6 Å². The number of carboxylic acids is 1. The number of aromatic nitrogens is 1. The summed E-state index contributed by atoms with van der Waals surface area (Å²) in [7, 11) is 0. The number of carbonyl (C=O) groups excluding carboxylic acids is 1. The number of ether oxygens (including phenoxy) is 1. The highest BCUT2D eigenvalue weighted by Gasteiger charge is 2.32. The predicted molar refractivity (Wildman–Crippen MR) is 94.8 cm³/mol. The number of amides is 1. The summed E-state index contributed by atoms with van der Waals surface area (Å²) >= 11 is 7.61. The van der Waals surface area contributed by atoms with Crippen LogP contribution < -0.4 is 0 Å². The number of hydrogen-bond donors (Lipinski definition) is 1. The summed E-state index contributed by atoms with van der Waals surface area (Å²) < 4.78 is 5.33. The molecule has 1 unspecified atom stereocenters. The number of halogens is 1. The number of carbonyl (C=O) groups is 2. The molecule has 6 nitrogen and oxygen atoms in total. The normalized spacial score (nSPS) is 20.5. The minimum atomic E-state index is -1.06. The molecule has 0 aliphatic carbocycles. The molecule has 1 aliphatic rings. The van der Waals surface area contributed by atoms with E-state index in [2.05, 4.69) is 4.98 Å². The zero-order valence-corrected chi connectivity index (χ0v) is 15.1. The summed E-state index contributed by atoms with van der Waals surface area (Å²) in [6, 6.07) is 7.41. The molecule has 132 valence electrons. The van der Waals surface area contributed by atoms with Gasteiger partial charge in [0.1, 0.15) is 5.01 Å². The van der Waals surface area contributed by atoms with Crippen LogP contribution >= 0.6 is 22.9 Å². The fourth-order valence-corrected chi connectivity index (χ4v) is 3.84. The molecule has 0 radical (unpaired) electrons. The lowest BCUT2D eigenvalue weighted by Gasteiger charge is -2.34. The molecule has 2 aromatic rings. The molecule has 1 aliphatic heterocycles. The van der Waals surface area contributed by atoms with Gasteiger partial charge in [-0.2, -0.15) is 0 Å². The molecular weight excluding hydrogens is 364 g/mol. The van der Waals surface area contributed by atoms with Crippen LogP contribution in [0.3, 0.4) is 0 Å². The maximum absolute atomic E-state index is 12.5. The van der Waals surface area contributed by atoms with Crippen LogP contribution in [0, 0.1) is 0 Å². The fraction of sp³-hybridized carbons (Fsp3) is 0.353. The van der Waals surface area contributed by atoms with Gasteiger partial charge in [-0.15, -0.1) is 11.3 Å². The summed E-state index contributed by atoms with van der Waals surface area (Å²) in [4.78, 5) is 29.7. The molecular formula is C17H17ClN2O4S. The van der Waals surface area contributed by atoms with E-state index >= 15 is 0 Å². The van der Waals surface area contributed by atoms with Crippen molar-refractivity contribution in [2.45, 2.75) is 25.6 Å². The predicted octanol–water partition coefficient (Wildman–Crippen LogP) is 2.71. The second-order valence-corrected chi connectivity index (χ2v) is 7.14. The smallest absolute Gasteiger partial charge is 0.334 e. The molecule has 3 rings (SSSR count). The van der Waals surface area contributed by atoms with Crippen molar-refractivity contribution >= 4 is 34.8 Å². The maximum Gasteiger partial charge on any atom is 0.334 e. The third-order valence-electron chi connectivity index (χ3n) is 3.88. The number of nitrogens with zero attached hydrogens (tertiary/aromatic N) is 2. The van der Waals surface area contributed by atoms with Crippen molar-refractivity contribution in [1.82, 2.24) is 9.88 Å². The third kappa shape index (κ3) is 4.18. The van der Waals surface area contributed by atoms with Gasteiger partial charge in [0.25, 0.3) is 0 Å². The first-order chi connectivity index (χ1) is 11.9. The molecule has 1 saturated heterocycles. The molecule has 0 spiro atoms. The summed E-state index contributed by atoms with van der Waals surface area (Å²) in [5, 5.41) is 12.3. The van der Waals surface area contributed by atoms with Gasteiger partial charge in [0.05, 0.1) is 29.8 Å². The lowest BCUT2D eigenvalue weighted by Crippen LogP contribution is -2.52. The van der Waals surface area contributed by atoms with Gasteiger partial charge in [0, 0.05) is 17.5 Å². The van der Waals surface area contributed by atoms with Crippen molar-refractivity contribution in [2.24, 2.45) is 0 Å². The van der Waals surface area contributed by atoms with E-state index in [-0.39, 0.29) is 25.0 Å². The first kappa shape index (κ1) is 17.8. The van der Waals surface area contributed by atoms with Crippen LogP contribution in [-0.2, 0) is 20.7 Å². The Morgan fingerprint density at radius 1 is 1.40 bits per heavy atom. The Hall–Kier alpha value is -1.96. The van der Waals surface area contributed by atoms with E-state index in [1.807, 2.05) is 23.6 Å². The van der Waals surface area contributed by atoms with Crippen molar-refractivity contribution < 1.29 is 19.4 Å². The Balaban J connectivity index is 1.69. The fourth-order valence-electron chi connectivity index (χ4n) is 2.70. The van der Waals surface area contributed by atoms with Gasteiger partial charge in [-0.3, -0.25) is 4.79 Å². The number of benzene rings is 1. The number of morpholine rings is 1. The Kier molecular flexibility index (Phi) is 5.36. The monoisotopic (exact) mass is 380 g/mol. The highest BCUT2D eigenvalue weighted by Crippen LogP contribution is 2.30. The van der Waals surface area contributed by atoms with E-state index in [1.165, 1.54) is 16.2 Å². The number of rotatable bonds is 4. The minimum absolute atomic E-state index is 0.0556. The second kappa shape index (κ2) is 7.51. The Morgan fingerprint density at radius 2 is 2.16 bits per heavy atom. The van der Waals surface area contributed by atoms with Crippen molar-refractivity contribution in [2.75, 3.05) is 13.1 Å². The molecule has 1 fully saturated rings. The number of hydrogen-bond acceptors (Lipinski definition) is 5.